The van der Waals surface area contributed by atoms with Gasteiger partial charge in [-0.25, -0.2) is 0 Å². The number of benzene rings is 1. The van der Waals surface area contributed by atoms with Crippen molar-refractivity contribution in [1.82, 2.24) is 0 Å². The standard InChI is InChI=1S/C16H25NO/c1-2-14-6-8-15(9-7-14)12-18-16(13-17)10-4-3-5-11-16/h6-9H,2-5,10-13,17H2,1H3. The number of ether oxygens (including phenoxy) is 1. The maximum atomic E-state index is 6.15. The highest BCUT2D eigenvalue weighted by molar-refractivity contribution is 5.21. The molecule has 1 aromatic rings. The summed E-state index contributed by atoms with van der Waals surface area (Å²) in [4.78, 5) is 0. The fourth-order valence-electron chi connectivity index (χ4n) is 2.71. The van der Waals surface area contributed by atoms with Gasteiger partial charge in [-0.15, -0.1) is 0 Å². The predicted octanol–water partition coefficient (Wildman–Crippen LogP) is 3.43. The molecule has 2 rings (SSSR count). The second-order valence-corrected chi connectivity index (χ2v) is 5.41. The molecule has 1 aliphatic rings. The number of aryl methyl sites for hydroxylation is 1. The molecule has 0 saturated heterocycles. The molecule has 1 fully saturated rings. The molecule has 0 bridgehead atoms. The van der Waals surface area contributed by atoms with Crippen LogP contribution in [0.3, 0.4) is 0 Å². The molecule has 1 saturated carbocycles. The number of hydrogen-bond acceptors (Lipinski definition) is 2. The van der Waals surface area contributed by atoms with E-state index in [1.165, 1.54) is 30.4 Å². The number of hydrogen-bond donors (Lipinski definition) is 1. The minimum Gasteiger partial charge on any atom is -0.369 e. The smallest absolute Gasteiger partial charge is 0.0808 e. The van der Waals surface area contributed by atoms with Gasteiger partial charge in [0.15, 0.2) is 0 Å². The van der Waals surface area contributed by atoms with E-state index < -0.39 is 0 Å². The Labute approximate surface area is 111 Å². The van der Waals surface area contributed by atoms with Crippen LogP contribution in [0.4, 0.5) is 0 Å². The largest absolute Gasteiger partial charge is 0.369 e. The molecular formula is C16H25NO. The maximum absolute atomic E-state index is 6.15. The van der Waals surface area contributed by atoms with Gasteiger partial charge >= 0.3 is 0 Å². The summed E-state index contributed by atoms with van der Waals surface area (Å²) in [6, 6.07) is 8.72. The Hall–Kier alpha value is -0.860. The average molecular weight is 247 g/mol. The summed E-state index contributed by atoms with van der Waals surface area (Å²) in [5.74, 6) is 0. The van der Waals surface area contributed by atoms with Crippen molar-refractivity contribution < 1.29 is 4.74 Å². The molecule has 2 heteroatoms. The van der Waals surface area contributed by atoms with Crippen LogP contribution in [0.25, 0.3) is 0 Å². The predicted molar refractivity (Wildman–Crippen MR) is 75.5 cm³/mol. The van der Waals surface area contributed by atoms with E-state index in [4.69, 9.17) is 10.5 Å². The lowest BCUT2D eigenvalue weighted by atomic mass is 9.84. The third-order valence-corrected chi connectivity index (χ3v) is 4.11. The van der Waals surface area contributed by atoms with E-state index in [9.17, 15) is 0 Å². The Kier molecular flexibility index (Phi) is 4.79. The molecule has 18 heavy (non-hydrogen) atoms. The lowest BCUT2D eigenvalue weighted by Gasteiger charge is -2.36. The van der Waals surface area contributed by atoms with Crippen molar-refractivity contribution in [3.8, 4) is 0 Å². The summed E-state index contributed by atoms with van der Waals surface area (Å²) in [6.45, 7) is 3.53. The first-order valence-corrected chi connectivity index (χ1v) is 7.20. The summed E-state index contributed by atoms with van der Waals surface area (Å²) < 4.78 is 6.15. The Balaban J connectivity index is 1.92. The molecule has 0 aliphatic heterocycles. The van der Waals surface area contributed by atoms with Gasteiger partial charge in [0, 0.05) is 6.54 Å². The summed E-state index contributed by atoms with van der Waals surface area (Å²) in [5.41, 5.74) is 8.50. The van der Waals surface area contributed by atoms with Gasteiger partial charge in [0.1, 0.15) is 0 Å². The Morgan fingerprint density at radius 1 is 1.06 bits per heavy atom. The monoisotopic (exact) mass is 247 g/mol. The summed E-state index contributed by atoms with van der Waals surface area (Å²) in [6.07, 6.45) is 7.18. The van der Waals surface area contributed by atoms with Crippen molar-refractivity contribution in [2.75, 3.05) is 6.54 Å². The third-order valence-electron chi connectivity index (χ3n) is 4.11. The first kappa shape index (κ1) is 13.6. The van der Waals surface area contributed by atoms with Crippen LogP contribution < -0.4 is 5.73 Å². The normalized spacial score (nSPS) is 18.8. The zero-order chi connectivity index (χ0) is 12.8. The van der Waals surface area contributed by atoms with Crippen LogP contribution in [0, 0.1) is 0 Å². The Bertz CT molecular complexity index is 352. The molecule has 0 spiro atoms. The van der Waals surface area contributed by atoms with Gasteiger partial charge in [-0.3, -0.25) is 0 Å². The summed E-state index contributed by atoms with van der Waals surface area (Å²) in [7, 11) is 0. The Morgan fingerprint density at radius 2 is 1.67 bits per heavy atom. The second-order valence-electron chi connectivity index (χ2n) is 5.41. The zero-order valence-electron chi connectivity index (χ0n) is 11.5. The fraction of sp³-hybridized carbons (Fsp3) is 0.625. The molecule has 0 amide bonds. The van der Waals surface area contributed by atoms with E-state index in [0.717, 1.165) is 19.3 Å². The molecule has 100 valence electrons. The first-order chi connectivity index (χ1) is 8.78. The highest BCUT2D eigenvalue weighted by atomic mass is 16.5. The molecule has 2 N–H and O–H groups in total. The minimum atomic E-state index is -0.0539. The molecule has 0 atom stereocenters. The quantitative estimate of drug-likeness (QED) is 0.865. The van der Waals surface area contributed by atoms with Gasteiger partial charge in [0.25, 0.3) is 0 Å². The lowest BCUT2D eigenvalue weighted by Crippen LogP contribution is -2.42. The van der Waals surface area contributed by atoms with Crippen LogP contribution in [0.15, 0.2) is 24.3 Å². The minimum absolute atomic E-state index is 0.0539. The highest BCUT2D eigenvalue weighted by Crippen LogP contribution is 2.31. The summed E-state index contributed by atoms with van der Waals surface area (Å²) in [5, 5.41) is 0. The highest BCUT2D eigenvalue weighted by Gasteiger charge is 2.31. The van der Waals surface area contributed by atoms with Crippen LogP contribution in [0.5, 0.6) is 0 Å². The van der Waals surface area contributed by atoms with Gasteiger partial charge in [-0.1, -0.05) is 50.5 Å². The van der Waals surface area contributed by atoms with Gasteiger partial charge < -0.3 is 10.5 Å². The van der Waals surface area contributed by atoms with Crippen molar-refractivity contribution in [3.05, 3.63) is 35.4 Å². The van der Waals surface area contributed by atoms with Crippen LogP contribution in [0.2, 0.25) is 0 Å². The molecule has 1 aliphatic carbocycles. The van der Waals surface area contributed by atoms with Crippen LogP contribution in [-0.2, 0) is 17.8 Å². The molecule has 0 heterocycles. The van der Waals surface area contributed by atoms with Gasteiger partial charge in [-0.2, -0.15) is 0 Å². The van der Waals surface area contributed by atoms with Gasteiger partial charge in [0.05, 0.1) is 12.2 Å². The average Bonchev–Trinajstić information content (AvgIpc) is 2.47. The number of rotatable bonds is 5. The van der Waals surface area contributed by atoms with Crippen LogP contribution in [-0.4, -0.2) is 12.1 Å². The van der Waals surface area contributed by atoms with Gasteiger partial charge in [-0.05, 0) is 30.4 Å². The van der Waals surface area contributed by atoms with E-state index in [1.54, 1.807) is 0 Å². The van der Waals surface area contributed by atoms with E-state index in [1.807, 2.05) is 0 Å². The topological polar surface area (TPSA) is 35.2 Å². The molecule has 0 radical (unpaired) electrons. The molecular weight excluding hydrogens is 222 g/mol. The zero-order valence-corrected chi connectivity index (χ0v) is 11.5. The Morgan fingerprint density at radius 3 is 2.22 bits per heavy atom. The van der Waals surface area contributed by atoms with Gasteiger partial charge in [0.2, 0.25) is 0 Å². The van der Waals surface area contributed by atoms with E-state index >= 15 is 0 Å². The van der Waals surface area contributed by atoms with Crippen molar-refractivity contribution in [2.24, 2.45) is 5.73 Å². The van der Waals surface area contributed by atoms with Crippen molar-refractivity contribution in [2.45, 2.75) is 57.7 Å². The number of nitrogens with two attached hydrogens (primary N) is 1. The van der Waals surface area contributed by atoms with Crippen LogP contribution in [0.1, 0.15) is 50.2 Å². The van der Waals surface area contributed by atoms with Crippen molar-refractivity contribution in [3.63, 3.8) is 0 Å². The first-order valence-electron chi connectivity index (χ1n) is 7.20. The van der Waals surface area contributed by atoms with E-state index in [2.05, 4.69) is 31.2 Å². The fourth-order valence-corrected chi connectivity index (χ4v) is 2.71. The third kappa shape index (κ3) is 3.33. The molecule has 0 aromatic heterocycles. The summed E-state index contributed by atoms with van der Waals surface area (Å²) >= 11 is 0. The molecule has 1 aromatic carbocycles. The molecule has 2 nitrogen and oxygen atoms in total. The van der Waals surface area contributed by atoms with Crippen LogP contribution >= 0.6 is 0 Å². The van der Waals surface area contributed by atoms with Crippen molar-refractivity contribution >= 4 is 0 Å². The van der Waals surface area contributed by atoms with E-state index in [0.29, 0.717) is 13.2 Å². The van der Waals surface area contributed by atoms with E-state index in [-0.39, 0.29) is 5.60 Å². The molecule has 0 unspecified atom stereocenters. The maximum Gasteiger partial charge on any atom is 0.0808 e. The SMILES string of the molecule is CCc1ccc(COC2(CN)CCCCC2)cc1. The lowest BCUT2D eigenvalue weighted by molar-refractivity contribution is -0.0733. The second kappa shape index (κ2) is 6.35. The van der Waals surface area contributed by atoms with Crippen molar-refractivity contribution in [1.29, 1.82) is 0 Å².